The van der Waals surface area contributed by atoms with Crippen LogP contribution in [0.25, 0.3) is 5.65 Å². The lowest BCUT2D eigenvalue weighted by Gasteiger charge is -2.20. The minimum atomic E-state index is -0.151. The Morgan fingerprint density at radius 3 is 2.76 bits per heavy atom. The Hall–Kier alpha value is -3.41. The van der Waals surface area contributed by atoms with Crippen LogP contribution in [-0.2, 0) is 6.54 Å². The summed E-state index contributed by atoms with van der Waals surface area (Å²) >= 11 is 0. The first-order chi connectivity index (χ1) is 12.3. The van der Waals surface area contributed by atoms with Crippen LogP contribution in [0.4, 0.5) is 0 Å². The Labute approximate surface area is 144 Å². The maximum atomic E-state index is 12.8. The topological polar surface area (TPSA) is 64.2 Å². The van der Waals surface area contributed by atoms with Gasteiger partial charge in [-0.15, -0.1) is 0 Å². The minimum Gasteiger partial charge on any atom is -0.343 e. The van der Waals surface area contributed by atoms with E-state index in [1.54, 1.807) is 31.0 Å². The summed E-state index contributed by atoms with van der Waals surface area (Å²) in [7, 11) is 0. The molecule has 1 amide bonds. The molecule has 3 aromatic heterocycles. The summed E-state index contributed by atoms with van der Waals surface area (Å²) in [6, 6.07) is 13.4. The van der Waals surface area contributed by atoms with Crippen LogP contribution in [0.1, 0.15) is 22.0 Å². The largest absolute Gasteiger partial charge is 0.343 e. The Morgan fingerprint density at radius 2 is 1.96 bits per heavy atom. The fourth-order valence-electron chi connectivity index (χ4n) is 2.82. The minimum absolute atomic E-state index is 0.121. The predicted molar refractivity (Wildman–Crippen MR) is 94.1 cm³/mol. The van der Waals surface area contributed by atoms with Gasteiger partial charge in [0.2, 0.25) is 0 Å². The molecule has 0 aliphatic rings. The van der Waals surface area contributed by atoms with Gasteiger partial charge in [0.05, 0.1) is 17.9 Å². The zero-order valence-corrected chi connectivity index (χ0v) is 13.5. The molecule has 25 heavy (non-hydrogen) atoms. The van der Waals surface area contributed by atoms with Crippen molar-refractivity contribution in [1.29, 1.82) is 0 Å². The first-order valence-corrected chi connectivity index (χ1v) is 8.04. The van der Waals surface area contributed by atoms with Crippen molar-refractivity contribution in [3.8, 4) is 0 Å². The van der Waals surface area contributed by atoms with E-state index in [9.17, 15) is 4.79 Å². The summed E-state index contributed by atoms with van der Waals surface area (Å²) in [5.41, 5.74) is 2.46. The smallest absolute Gasteiger partial charge is 0.253 e. The van der Waals surface area contributed by atoms with Crippen LogP contribution < -0.4 is 5.32 Å². The van der Waals surface area contributed by atoms with Crippen molar-refractivity contribution in [2.75, 3.05) is 0 Å². The fraction of sp³-hybridized carbons (Fsp3) is 0.105. The predicted octanol–water partition coefficient (Wildman–Crippen LogP) is 2.70. The molecule has 0 bridgehead atoms. The third-order valence-electron chi connectivity index (χ3n) is 4.11. The first-order valence-electron chi connectivity index (χ1n) is 8.04. The van der Waals surface area contributed by atoms with E-state index in [4.69, 9.17) is 0 Å². The van der Waals surface area contributed by atoms with E-state index < -0.39 is 0 Å². The number of fused-ring (bicyclic) bond motifs is 1. The molecule has 124 valence electrons. The third kappa shape index (κ3) is 3.28. The van der Waals surface area contributed by atoms with Gasteiger partial charge in [0.25, 0.3) is 5.91 Å². The lowest BCUT2D eigenvalue weighted by Crippen LogP contribution is -2.31. The monoisotopic (exact) mass is 331 g/mol. The van der Waals surface area contributed by atoms with E-state index in [1.807, 2.05) is 57.8 Å². The number of carbonyl (C=O) groups excluding carboxylic acids is 1. The molecule has 1 aromatic carbocycles. The summed E-state index contributed by atoms with van der Waals surface area (Å²) < 4.78 is 3.79. The second kappa shape index (κ2) is 6.60. The SMILES string of the molecule is O=C(NC(Cn1ccnc1)c1ccccc1)c1ccc2nccn2c1. The highest BCUT2D eigenvalue weighted by atomic mass is 16.1. The molecular formula is C19H17N5O. The van der Waals surface area contributed by atoms with Gasteiger partial charge in [-0.05, 0) is 17.7 Å². The van der Waals surface area contributed by atoms with Crippen molar-refractivity contribution in [3.05, 3.63) is 90.9 Å². The lowest BCUT2D eigenvalue weighted by molar-refractivity contribution is 0.0932. The molecule has 6 heteroatoms. The summed E-state index contributed by atoms with van der Waals surface area (Å²) in [5, 5.41) is 3.12. The normalized spacial score (nSPS) is 12.2. The molecule has 3 heterocycles. The van der Waals surface area contributed by atoms with Crippen LogP contribution in [0.5, 0.6) is 0 Å². The molecule has 0 fully saturated rings. The number of carbonyl (C=O) groups is 1. The van der Waals surface area contributed by atoms with Gasteiger partial charge in [0.15, 0.2) is 0 Å². The summed E-state index contributed by atoms with van der Waals surface area (Å²) in [6.07, 6.45) is 10.7. The van der Waals surface area contributed by atoms with Crippen LogP contribution in [0.2, 0.25) is 0 Å². The van der Waals surface area contributed by atoms with E-state index >= 15 is 0 Å². The molecule has 0 spiro atoms. The third-order valence-corrected chi connectivity index (χ3v) is 4.11. The summed E-state index contributed by atoms with van der Waals surface area (Å²) in [6.45, 7) is 0.614. The first kappa shape index (κ1) is 15.1. The zero-order chi connectivity index (χ0) is 17.1. The number of rotatable bonds is 5. The number of nitrogens with zero attached hydrogens (tertiary/aromatic N) is 4. The Kier molecular flexibility index (Phi) is 4.00. The highest BCUT2D eigenvalue weighted by molar-refractivity contribution is 5.94. The molecule has 4 rings (SSSR count). The molecular weight excluding hydrogens is 314 g/mol. The molecule has 0 aliphatic heterocycles. The second-order valence-corrected chi connectivity index (χ2v) is 5.81. The highest BCUT2D eigenvalue weighted by Crippen LogP contribution is 2.16. The Balaban J connectivity index is 1.59. The Bertz CT molecular complexity index is 975. The quantitative estimate of drug-likeness (QED) is 0.611. The van der Waals surface area contributed by atoms with E-state index in [2.05, 4.69) is 15.3 Å². The van der Waals surface area contributed by atoms with E-state index in [0.29, 0.717) is 12.1 Å². The maximum absolute atomic E-state index is 12.8. The molecule has 0 saturated carbocycles. The molecule has 1 N–H and O–H groups in total. The average Bonchev–Trinajstić information content (AvgIpc) is 3.32. The number of aromatic nitrogens is 4. The van der Waals surface area contributed by atoms with Gasteiger partial charge in [-0.25, -0.2) is 9.97 Å². The van der Waals surface area contributed by atoms with E-state index in [0.717, 1.165) is 11.2 Å². The number of amides is 1. The van der Waals surface area contributed by atoms with Gasteiger partial charge in [0, 0.05) is 37.5 Å². The van der Waals surface area contributed by atoms with Crippen molar-refractivity contribution < 1.29 is 4.79 Å². The number of nitrogens with one attached hydrogen (secondary N) is 1. The van der Waals surface area contributed by atoms with Gasteiger partial charge in [-0.2, -0.15) is 0 Å². The molecule has 4 aromatic rings. The second-order valence-electron chi connectivity index (χ2n) is 5.81. The van der Waals surface area contributed by atoms with Gasteiger partial charge in [0.1, 0.15) is 5.65 Å². The molecule has 0 saturated heterocycles. The average molecular weight is 331 g/mol. The van der Waals surface area contributed by atoms with E-state index in [-0.39, 0.29) is 11.9 Å². The standard InChI is InChI=1S/C19H17N5O/c25-19(16-6-7-18-21-9-11-24(18)12-16)22-17(13-23-10-8-20-14-23)15-4-2-1-3-5-15/h1-12,14,17H,13H2,(H,22,25). The number of hydrogen-bond donors (Lipinski definition) is 1. The molecule has 1 unspecified atom stereocenters. The number of hydrogen-bond acceptors (Lipinski definition) is 3. The lowest BCUT2D eigenvalue weighted by atomic mass is 10.1. The van der Waals surface area contributed by atoms with Crippen molar-refractivity contribution in [3.63, 3.8) is 0 Å². The van der Waals surface area contributed by atoms with E-state index in [1.165, 1.54) is 0 Å². The molecule has 1 atom stereocenters. The van der Waals surface area contributed by atoms with Crippen LogP contribution >= 0.6 is 0 Å². The molecule has 6 nitrogen and oxygen atoms in total. The maximum Gasteiger partial charge on any atom is 0.253 e. The van der Waals surface area contributed by atoms with Crippen LogP contribution in [0.15, 0.2) is 79.8 Å². The number of benzene rings is 1. The van der Waals surface area contributed by atoms with Crippen LogP contribution in [-0.4, -0.2) is 24.8 Å². The van der Waals surface area contributed by atoms with Gasteiger partial charge in [-0.1, -0.05) is 30.3 Å². The van der Waals surface area contributed by atoms with Crippen LogP contribution in [0, 0.1) is 0 Å². The zero-order valence-electron chi connectivity index (χ0n) is 13.5. The Morgan fingerprint density at radius 1 is 1.08 bits per heavy atom. The fourth-order valence-corrected chi connectivity index (χ4v) is 2.82. The summed E-state index contributed by atoms with van der Waals surface area (Å²) in [5.74, 6) is -0.121. The number of imidazole rings is 2. The van der Waals surface area contributed by atoms with Gasteiger partial charge in [-0.3, -0.25) is 4.79 Å². The van der Waals surface area contributed by atoms with Crippen molar-refractivity contribution >= 4 is 11.6 Å². The summed E-state index contributed by atoms with van der Waals surface area (Å²) in [4.78, 5) is 21.0. The van der Waals surface area contributed by atoms with Crippen LogP contribution in [0.3, 0.4) is 0 Å². The van der Waals surface area contributed by atoms with Gasteiger partial charge >= 0.3 is 0 Å². The number of pyridine rings is 1. The highest BCUT2D eigenvalue weighted by Gasteiger charge is 2.16. The molecule has 0 aliphatic carbocycles. The van der Waals surface area contributed by atoms with Gasteiger partial charge < -0.3 is 14.3 Å². The van der Waals surface area contributed by atoms with Crippen molar-refractivity contribution in [2.24, 2.45) is 0 Å². The van der Waals surface area contributed by atoms with Crippen molar-refractivity contribution in [2.45, 2.75) is 12.6 Å². The van der Waals surface area contributed by atoms with Crippen molar-refractivity contribution in [1.82, 2.24) is 24.3 Å². The molecule has 0 radical (unpaired) electrons.